The van der Waals surface area contributed by atoms with Gasteiger partial charge >= 0.3 is 5.97 Å². The summed E-state index contributed by atoms with van der Waals surface area (Å²) in [6.07, 6.45) is 4.91. The van der Waals surface area contributed by atoms with Crippen molar-refractivity contribution in [3.8, 4) is 0 Å². The summed E-state index contributed by atoms with van der Waals surface area (Å²) < 4.78 is 1.95. The number of aromatic nitrogens is 3. The first-order valence-electron chi connectivity index (χ1n) is 13.1. The summed E-state index contributed by atoms with van der Waals surface area (Å²) in [5.41, 5.74) is 7.88. The van der Waals surface area contributed by atoms with Crippen molar-refractivity contribution in [1.29, 1.82) is 0 Å². The van der Waals surface area contributed by atoms with Crippen molar-refractivity contribution in [1.82, 2.24) is 19.9 Å². The van der Waals surface area contributed by atoms with Gasteiger partial charge in [-0.1, -0.05) is 48.0 Å². The molecule has 1 unspecified atom stereocenters. The first kappa shape index (κ1) is 23.4. The van der Waals surface area contributed by atoms with Gasteiger partial charge in [-0.2, -0.15) is 0 Å². The van der Waals surface area contributed by atoms with E-state index in [4.69, 9.17) is 0 Å². The lowest BCUT2D eigenvalue weighted by atomic mass is 9.85. The third-order valence-corrected chi connectivity index (χ3v) is 7.79. The lowest BCUT2D eigenvalue weighted by Crippen LogP contribution is -2.36. The van der Waals surface area contributed by atoms with Gasteiger partial charge < -0.3 is 10.0 Å². The van der Waals surface area contributed by atoms with Gasteiger partial charge in [-0.3, -0.25) is 9.59 Å². The van der Waals surface area contributed by atoms with Crippen LogP contribution in [0.1, 0.15) is 69.8 Å². The smallest absolute Gasteiger partial charge is 0.304 e. The van der Waals surface area contributed by atoms with Crippen LogP contribution in [-0.4, -0.2) is 43.4 Å². The molecule has 1 aromatic heterocycles. The summed E-state index contributed by atoms with van der Waals surface area (Å²) in [4.78, 5) is 27.1. The monoisotopic (exact) mass is 494 g/mol. The van der Waals surface area contributed by atoms with E-state index in [9.17, 15) is 14.7 Å². The third-order valence-electron chi connectivity index (χ3n) is 7.79. The molecule has 9 rings (SSSR count). The first-order chi connectivity index (χ1) is 18.0. The summed E-state index contributed by atoms with van der Waals surface area (Å²) >= 11 is 0. The van der Waals surface area contributed by atoms with E-state index in [-0.39, 0.29) is 18.2 Å². The van der Waals surface area contributed by atoms with Gasteiger partial charge in [0.15, 0.2) is 0 Å². The Kier molecular flexibility index (Phi) is 6.20. The van der Waals surface area contributed by atoms with E-state index in [1.165, 1.54) is 11.1 Å². The van der Waals surface area contributed by atoms with Gasteiger partial charge in [-0.15, -0.1) is 5.10 Å². The lowest BCUT2D eigenvalue weighted by Gasteiger charge is -2.30. The van der Waals surface area contributed by atoms with Gasteiger partial charge in [0, 0.05) is 31.1 Å². The Morgan fingerprint density at radius 3 is 2.54 bits per heavy atom. The molecule has 6 heterocycles. The summed E-state index contributed by atoms with van der Waals surface area (Å²) in [5, 5.41) is 18.5. The van der Waals surface area contributed by atoms with Crippen LogP contribution < -0.4 is 0 Å². The standard InChI is InChI=1S/C30H30N4O3/c35-29(36)18-26-23-10-9-21-13-15-33(19-25(21)16-23)30(37)22-7-5-20(6-8-22)4-2-1-3-14-34-28-12-11-24(26)17-27(28)31-32-34/h5-12,16-17,26H,1-4,13-15,18-19H2,(H,35,36). The molecule has 3 aromatic carbocycles. The Morgan fingerprint density at radius 2 is 1.70 bits per heavy atom. The number of carboxylic acids is 1. The number of hydrogen-bond donors (Lipinski definition) is 1. The number of rotatable bonds is 2. The van der Waals surface area contributed by atoms with E-state index >= 15 is 0 Å². The molecule has 7 nitrogen and oxygen atoms in total. The van der Waals surface area contributed by atoms with Crippen LogP contribution in [-0.2, 0) is 30.7 Å². The molecule has 37 heavy (non-hydrogen) atoms. The quantitative estimate of drug-likeness (QED) is 0.425. The summed E-state index contributed by atoms with van der Waals surface area (Å²) in [5.74, 6) is -1.12. The average Bonchev–Trinajstić information content (AvgIpc) is 3.32. The number of nitrogens with zero attached hydrogens (tertiary/aromatic N) is 4. The highest BCUT2D eigenvalue weighted by atomic mass is 16.4. The number of carboxylic acid groups (broad SMARTS) is 1. The van der Waals surface area contributed by atoms with E-state index in [2.05, 4.69) is 34.6 Å². The van der Waals surface area contributed by atoms with Crippen LogP contribution >= 0.6 is 0 Å². The van der Waals surface area contributed by atoms with Crippen LogP contribution in [0.25, 0.3) is 11.0 Å². The number of carbonyl (C=O) groups excluding carboxylic acids is 1. The number of benzene rings is 3. The highest BCUT2D eigenvalue weighted by molar-refractivity contribution is 5.94. The van der Waals surface area contributed by atoms with E-state index in [1.807, 2.05) is 46.0 Å². The van der Waals surface area contributed by atoms with Gasteiger partial charge in [-0.25, -0.2) is 4.68 Å². The second-order valence-corrected chi connectivity index (χ2v) is 10.2. The molecule has 0 spiro atoms. The molecule has 0 aliphatic carbocycles. The van der Waals surface area contributed by atoms with Gasteiger partial charge in [0.05, 0.1) is 11.9 Å². The normalized spacial score (nSPS) is 18.0. The number of aliphatic carboxylic acids is 1. The zero-order chi connectivity index (χ0) is 25.4. The highest BCUT2D eigenvalue weighted by Gasteiger charge is 2.25. The zero-order valence-electron chi connectivity index (χ0n) is 20.8. The molecule has 4 aromatic rings. The molecule has 5 aliphatic heterocycles. The van der Waals surface area contributed by atoms with Crippen molar-refractivity contribution < 1.29 is 14.7 Å². The van der Waals surface area contributed by atoms with Gasteiger partial charge in [0.25, 0.3) is 5.91 Å². The SMILES string of the molecule is O=C(O)CC1c2ccc3c(c2)CN(CC3)C(=O)c2ccc(cc2)CCCCCn2nnc3cc1ccc32. The fraction of sp³-hybridized carbons (Fsp3) is 0.333. The third kappa shape index (κ3) is 4.73. The van der Waals surface area contributed by atoms with E-state index in [0.29, 0.717) is 18.7 Å². The molecular formula is C30H30N4O3. The minimum atomic E-state index is -0.850. The molecule has 1 amide bonds. The number of carbonyl (C=O) groups is 2. The Morgan fingerprint density at radius 1 is 0.892 bits per heavy atom. The van der Waals surface area contributed by atoms with Gasteiger partial charge in [0.2, 0.25) is 0 Å². The fourth-order valence-corrected chi connectivity index (χ4v) is 5.71. The van der Waals surface area contributed by atoms with Gasteiger partial charge in [0.1, 0.15) is 5.52 Å². The Hall–Kier alpha value is -4.00. The van der Waals surface area contributed by atoms with Crippen LogP contribution in [0.15, 0.2) is 60.7 Å². The maximum Gasteiger partial charge on any atom is 0.304 e. The van der Waals surface area contributed by atoms with Crippen molar-refractivity contribution in [3.05, 3.63) is 94.0 Å². The molecule has 0 fully saturated rings. The van der Waals surface area contributed by atoms with Crippen LogP contribution in [0.5, 0.6) is 0 Å². The second kappa shape index (κ2) is 9.81. The van der Waals surface area contributed by atoms with Crippen LogP contribution in [0.4, 0.5) is 0 Å². The first-order valence-corrected chi connectivity index (χ1v) is 13.1. The Labute approximate surface area is 215 Å². The molecule has 7 heteroatoms. The number of hydrogen-bond acceptors (Lipinski definition) is 4. The molecule has 1 atom stereocenters. The predicted molar refractivity (Wildman–Crippen MR) is 141 cm³/mol. The lowest BCUT2D eigenvalue weighted by molar-refractivity contribution is -0.137. The van der Waals surface area contributed by atoms with Crippen LogP contribution in [0, 0.1) is 0 Å². The molecule has 1 N–H and O–H groups in total. The maximum atomic E-state index is 13.3. The minimum Gasteiger partial charge on any atom is -0.481 e. The van der Waals surface area contributed by atoms with Crippen molar-refractivity contribution in [2.24, 2.45) is 0 Å². The molecule has 0 radical (unpaired) electrons. The zero-order valence-corrected chi connectivity index (χ0v) is 20.8. The summed E-state index contributed by atoms with van der Waals surface area (Å²) in [6, 6.07) is 20.3. The Bertz CT molecular complexity index is 1470. The largest absolute Gasteiger partial charge is 0.481 e. The number of aryl methyl sites for hydroxylation is 2. The van der Waals surface area contributed by atoms with Crippen LogP contribution in [0.2, 0.25) is 0 Å². The minimum absolute atomic E-state index is 0.0204. The van der Waals surface area contributed by atoms with Crippen LogP contribution in [0.3, 0.4) is 0 Å². The average molecular weight is 495 g/mol. The number of amides is 1. The molecule has 5 aliphatic rings. The van der Waals surface area contributed by atoms with Crippen molar-refractivity contribution >= 4 is 22.9 Å². The molecule has 0 saturated carbocycles. The van der Waals surface area contributed by atoms with Gasteiger partial charge in [-0.05, 0) is 77.8 Å². The molecular weight excluding hydrogens is 464 g/mol. The molecule has 0 saturated heterocycles. The fourth-order valence-electron chi connectivity index (χ4n) is 5.71. The maximum absolute atomic E-state index is 13.3. The van der Waals surface area contributed by atoms with Crippen molar-refractivity contribution in [2.75, 3.05) is 6.54 Å². The van der Waals surface area contributed by atoms with Crippen molar-refractivity contribution in [3.63, 3.8) is 0 Å². The summed E-state index contributed by atoms with van der Waals surface area (Å²) in [6.45, 7) is 2.00. The molecule has 188 valence electrons. The van der Waals surface area contributed by atoms with E-state index < -0.39 is 5.97 Å². The topological polar surface area (TPSA) is 88.3 Å². The second-order valence-electron chi connectivity index (χ2n) is 10.2. The predicted octanol–water partition coefficient (Wildman–Crippen LogP) is 4.96. The van der Waals surface area contributed by atoms with E-state index in [1.54, 1.807) is 0 Å². The van der Waals surface area contributed by atoms with Crippen molar-refractivity contribution in [2.45, 2.75) is 57.5 Å². The highest BCUT2D eigenvalue weighted by Crippen LogP contribution is 2.33. The summed E-state index contributed by atoms with van der Waals surface area (Å²) in [7, 11) is 0. The Balaban J connectivity index is 1.41. The molecule has 9 bridgehead atoms. The van der Waals surface area contributed by atoms with E-state index in [0.717, 1.165) is 66.4 Å².